The highest BCUT2D eigenvalue weighted by atomic mass is 35.5. The topological polar surface area (TPSA) is 132 Å². The second-order valence-corrected chi connectivity index (χ2v) is 9.47. The van der Waals surface area contributed by atoms with Gasteiger partial charge in [-0.3, -0.25) is 4.79 Å². The third-order valence-corrected chi connectivity index (χ3v) is 6.78. The number of nitriles is 1. The molecule has 0 saturated heterocycles. The van der Waals surface area contributed by atoms with Gasteiger partial charge in [0.25, 0.3) is 5.91 Å². The zero-order valence-electron chi connectivity index (χ0n) is 22.0. The molecule has 3 aromatic heterocycles. The first-order valence-corrected chi connectivity index (χ1v) is 12.5. The molecular formula is C29H19ClF3N7O2. The van der Waals surface area contributed by atoms with Crippen molar-refractivity contribution in [2.24, 2.45) is 7.05 Å². The highest BCUT2D eigenvalue weighted by Crippen LogP contribution is 2.45. The second kappa shape index (κ2) is 10.9. The summed E-state index contributed by atoms with van der Waals surface area (Å²) >= 11 is 5.95. The molecule has 0 radical (unpaired) electrons. The third kappa shape index (κ3) is 4.97. The molecule has 3 heterocycles. The lowest BCUT2D eigenvalue weighted by Crippen LogP contribution is -2.11. The summed E-state index contributed by atoms with van der Waals surface area (Å²) in [5.74, 6) is -4.12. The highest BCUT2D eigenvalue weighted by Gasteiger charge is 2.26. The fourth-order valence-corrected chi connectivity index (χ4v) is 4.58. The van der Waals surface area contributed by atoms with Gasteiger partial charge in [0.15, 0.2) is 17.4 Å². The average molecular weight is 590 g/mol. The van der Waals surface area contributed by atoms with Crippen LogP contribution in [0.25, 0.3) is 33.3 Å². The number of fused-ring (bicyclic) bond motifs is 1. The van der Waals surface area contributed by atoms with Crippen LogP contribution in [0.5, 0.6) is 11.8 Å². The lowest BCUT2D eigenvalue weighted by Gasteiger charge is -2.13. The fourth-order valence-electron chi connectivity index (χ4n) is 4.49. The largest absolute Gasteiger partial charge is 0.421 e. The Morgan fingerprint density at radius 2 is 1.93 bits per heavy atom. The number of benzene rings is 2. The van der Waals surface area contributed by atoms with E-state index in [2.05, 4.69) is 32.9 Å². The van der Waals surface area contributed by atoms with Crippen molar-refractivity contribution >= 4 is 39.9 Å². The van der Waals surface area contributed by atoms with Gasteiger partial charge in [0.1, 0.15) is 17.7 Å². The third-order valence-electron chi connectivity index (χ3n) is 6.41. The van der Waals surface area contributed by atoms with E-state index in [1.165, 1.54) is 36.7 Å². The molecule has 0 aliphatic rings. The monoisotopic (exact) mass is 589 g/mol. The van der Waals surface area contributed by atoms with Crippen LogP contribution in [0, 0.1) is 29.9 Å². The molecular weight excluding hydrogens is 571 g/mol. The van der Waals surface area contributed by atoms with Gasteiger partial charge in [0, 0.05) is 30.1 Å². The van der Waals surface area contributed by atoms with Crippen molar-refractivity contribution in [3.8, 4) is 40.2 Å². The molecule has 0 atom stereocenters. The van der Waals surface area contributed by atoms with Gasteiger partial charge in [-0.05, 0) is 42.8 Å². The first kappa shape index (κ1) is 28.1. The van der Waals surface area contributed by atoms with Crippen LogP contribution in [0.1, 0.15) is 11.3 Å². The van der Waals surface area contributed by atoms with Gasteiger partial charge in [-0.25, -0.2) is 23.1 Å². The zero-order chi connectivity index (χ0) is 30.3. The molecule has 3 N–H and O–H groups in total. The average Bonchev–Trinajstić information content (AvgIpc) is 3.25. The predicted octanol–water partition coefficient (Wildman–Crippen LogP) is 6.61. The van der Waals surface area contributed by atoms with Crippen molar-refractivity contribution < 1.29 is 22.7 Å². The van der Waals surface area contributed by atoms with E-state index in [1.807, 2.05) is 0 Å². The maximum atomic E-state index is 15.6. The van der Waals surface area contributed by atoms with Crippen LogP contribution in [-0.4, -0.2) is 25.4 Å². The molecule has 0 bridgehead atoms. The van der Waals surface area contributed by atoms with Crippen molar-refractivity contribution in [3.63, 3.8) is 0 Å². The Hall–Kier alpha value is -5.41. The first-order valence-electron chi connectivity index (χ1n) is 12.1. The maximum Gasteiger partial charge on any atom is 0.322 e. The standard InChI is InChI=1S/C29H19ClF3N7O2/c1-13(31)28(41)39-17-5-6-18(20(32)9-17)26-23(24-25(40(26)3)16(10-34)11-36-27(24)35)15-4-7-22(21(33)8-15)42-29-37-12-19(30)14(2)38-29/h4-9,11-12H,1H2,2-3H3,(H2,35,36)(H,39,41). The van der Waals surface area contributed by atoms with Gasteiger partial charge in [0.2, 0.25) is 0 Å². The number of aromatic nitrogens is 4. The van der Waals surface area contributed by atoms with Gasteiger partial charge in [-0.1, -0.05) is 24.2 Å². The molecule has 9 nitrogen and oxygen atoms in total. The van der Waals surface area contributed by atoms with E-state index >= 15 is 8.78 Å². The Labute approximate surface area is 241 Å². The number of carbonyl (C=O) groups is 1. The fraction of sp³-hybridized carbons (Fsp3) is 0.0690. The number of ether oxygens (including phenoxy) is 1. The summed E-state index contributed by atoms with van der Waals surface area (Å²) in [6, 6.07) is 9.68. The number of nitrogen functional groups attached to an aromatic ring is 1. The molecule has 210 valence electrons. The van der Waals surface area contributed by atoms with Crippen molar-refractivity contribution in [2.75, 3.05) is 11.1 Å². The summed E-state index contributed by atoms with van der Waals surface area (Å²) in [6.45, 7) is 4.56. The van der Waals surface area contributed by atoms with E-state index < -0.39 is 23.4 Å². The molecule has 2 aromatic carbocycles. The highest BCUT2D eigenvalue weighted by molar-refractivity contribution is 6.31. The molecule has 0 spiro atoms. The minimum atomic E-state index is -1.24. The molecule has 42 heavy (non-hydrogen) atoms. The molecule has 0 unspecified atom stereocenters. The van der Waals surface area contributed by atoms with Crippen LogP contribution in [-0.2, 0) is 11.8 Å². The van der Waals surface area contributed by atoms with Crippen LogP contribution in [0.15, 0.2) is 61.2 Å². The van der Waals surface area contributed by atoms with E-state index in [4.69, 9.17) is 22.1 Å². The van der Waals surface area contributed by atoms with Gasteiger partial charge >= 0.3 is 6.01 Å². The Kier molecular flexibility index (Phi) is 7.28. The summed E-state index contributed by atoms with van der Waals surface area (Å²) in [4.78, 5) is 23.8. The number of rotatable bonds is 6. The number of amides is 1. The van der Waals surface area contributed by atoms with Gasteiger partial charge in [0.05, 0.1) is 39.1 Å². The van der Waals surface area contributed by atoms with Gasteiger partial charge < -0.3 is 20.4 Å². The molecule has 1 amide bonds. The van der Waals surface area contributed by atoms with Gasteiger partial charge in [-0.15, -0.1) is 0 Å². The number of aryl methyl sites for hydroxylation is 2. The van der Waals surface area contributed by atoms with Gasteiger partial charge in [-0.2, -0.15) is 10.2 Å². The second-order valence-electron chi connectivity index (χ2n) is 9.06. The van der Waals surface area contributed by atoms with Crippen LogP contribution < -0.4 is 15.8 Å². The number of hydrogen-bond acceptors (Lipinski definition) is 7. The smallest absolute Gasteiger partial charge is 0.322 e. The number of hydrogen-bond donors (Lipinski definition) is 2. The summed E-state index contributed by atoms with van der Waals surface area (Å²) in [5, 5.41) is 12.6. The molecule has 5 rings (SSSR count). The molecule has 5 aromatic rings. The van der Waals surface area contributed by atoms with Crippen molar-refractivity contribution in [3.05, 3.63) is 89.1 Å². The Morgan fingerprint density at radius 1 is 1.17 bits per heavy atom. The molecule has 13 heteroatoms. The normalized spacial score (nSPS) is 10.9. The van der Waals surface area contributed by atoms with Crippen LogP contribution >= 0.6 is 11.6 Å². The minimum Gasteiger partial charge on any atom is -0.421 e. The maximum absolute atomic E-state index is 15.6. The number of pyridine rings is 1. The Bertz CT molecular complexity index is 1990. The lowest BCUT2D eigenvalue weighted by atomic mass is 9.97. The van der Waals surface area contributed by atoms with Crippen LogP contribution in [0.2, 0.25) is 5.02 Å². The van der Waals surface area contributed by atoms with Crippen molar-refractivity contribution in [1.29, 1.82) is 5.26 Å². The van der Waals surface area contributed by atoms with E-state index in [-0.39, 0.29) is 51.2 Å². The van der Waals surface area contributed by atoms with Crippen LogP contribution in [0.3, 0.4) is 0 Å². The van der Waals surface area contributed by atoms with E-state index in [0.29, 0.717) is 21.6 Å². The lowest BCUT2D eigenvalue weighted by molar-refractivity contribution is -0.114. The molecule has 0 saturated carbocycles. The number of nitrogens with zero attached hydrogens (tertiary/aromatic N) is 5. The summed E-state index contributed by atoms with van der Waals surface area (Å²) in [5.41, 5.74) is 7.97. The van der Waals surface area contributed by atoms with Crippen molar-refractivity contribution in [2.45, 2.75) is 6.92 Å². The number of nitrogens with one attached hydrogen (secondary N) is 1. The summed E-state index contributed by atoms with van der Waals surface area (Å²) in [6.07, 6.45) is 2.62. The van der Waals surface area contributed by atoms with E-state index in [1.54, 1.807) is 18.5 Å². The first-order chi connectivity index (χ1) is 20.0. The molecule has 0 fully saturated rings. The molecule has 0 aliphatic carbocycles. The number of nitrogens with two attached hydrogens (primary N) is 1. The molecule has 0 aliphatic heterocycles. The Morgan fingerprint density at radius 3 is 2.57 bits per heavy atom. The number of halogens is 4. The Balaban J connectivity index is 1.69. The summed E-state index contributed by atoms with van der Waals surface area (Å²) in [7, 11) is 1.59. The van der Waals surface area contributed by atoms with Crippen LogP contribution in [0.4, 0.5) is 24.7 Å². The van der Waals surface area contributed by atoms with E-state index in [9.17, 15) is 14.4 Å². The predicted molar refractivity (Wildman–Crippen MR) is 151 cm³/mol. The SMILES string of the molecule is C=C(F)C(=O)Nc1ccc(-c2c(-c3ccc(Oc4ncc(Cl)c(C)n4)c(F)c3)c3c(N)ncc(C#N)c3n2C)c(F)c1. The van der Waals surface area contributed by atoms with Crippen molar-refractivity contribution in [1.82, 2.24) is 19.5 Å². The zero-order valence-corrected chi connectivity index (χ0v) is 22.7. The quantitative estimate of drug-likeness (QED) is 0.213. The summed E-state index contributed by atoms with van der Waals surface area (Å²) < 4.78 is 51.3. The van der Waals surface area contributed by atoms with E-state index in [0.717, 1.165) is 12.1 Å². The number of carbonyl (C=O) groups excluding carboxylic acids is 1. The number of anilines is 2. The minimum absolute atomic E-state index is 0.0218.